The predicted octanol–water partition coefficient (Wildman–Crippen LogP) is -1.22. The maximum Gasteiger partial charge on any atom is 0.471 e. The number of hydrogen-bond acceptors (Lipinski definition) is 5. The molecule has 0 bridgehead atoms. The summed E-state index contributed by atoms with van der Waals surface area (Å²) in [7, 11) is -10.7. The summed E-state index contributed by atoms with van der Waals surface area (Å²) in [5, 5.41) is 8.32. The molecular weight excluding hydrogens is 243 g/mol. The highest BCUT2D eigenvalue weighted by atomic mass is 32.2. The van der Waals surface area contributed by atoms with Gasteiger partial charge in [-0.1, -0.05) is 0 Å². The van der Waals surface area contributed by atoms with Crippen molar-refractivity contribution in [1.82, 2.24) is 0 Å². The molecule has 0 rings (SSSR count). The summed E-state index contributed by atoms with van der Waals surface area (Å²) in [5.74, 6) is -2.25. The van der Waals surface area contributed by atoms with E-state index in [4.69, 9.17) is 19.4 Å². The minimum absolute atomic E-state index is 0.295. The van der Waals surface area contributed by atoms with E-state index in [1.807, 2.05) is 0 Å². The van der Waals surface area contributed by atoms with Crippen molar-refractivity contribution in [2.45, 2.75) is 11.9 Å². The summed E-state index contributed by atoms with van der Waals surface area (Å²) in [4.78, 5) is 23.4. The number of rotatable bonds is 4. The third kappa shape index (κ3) is 3.01. The lowest BCUT2D eigenvalue weighted by atomic mass is 10.4. The summed E-state index contributed by atoms with van der Waals surface area (Å²) in [6.07, 6.45) is 0. The normalized spacial score (nSPS) is 17.4. The lowest BCUT2D eigenvalue weighted by Gasteiger charge is -2.21. The van der Waals surface area contributed by atoms with Crippen molar-refractivity contribution in [3.05, 3.63) is 0 Å². The van der Waals surface area contributed by atoms with Crippen LogP contribution in [0.3, 0.4) is 0 Å². The summed E-state index contributed by atoms with van der Waals surface area (Å²) in [6, 6.07) is 0. The van der Waals surface area contributed by atoms with E-state index < -0.39 is 28.8 Å². The van der Waals surface area contributed by atoms with Crippen LogP contribution in [0, 0.1) is 0 Å². The van der Waals surface area contributed by atoms with Gasteiger partial charge >= 0.3 is 23.9 Å². The summed E-state index contributed by atoms with van der Waals surface area (Å²) < 4.78 is 43.1. The van der Waals surface area contributed by atoms with Gasteiger partial charge in [0, 0.05) is 0 Å². The predicted molar refractivity (Wildman–Crippen MR) is 40.7 cm³/mol. The van der Waals surface area contributed by atoms with E-state index in [1.54, 1.807) is 0 Å². The van der Waals surface area contributed by atoms with E-state index in [0.29, 0.717) is 6.92 Å². The van der Waals surface area contributed by atoms with Gasteiger partial charge in [0.05, 0.1) is 0 Å². The molecule has 11 heteroatoms. The highest BCUT2D eigenvalue weighted by Gasteiger charge is 2.52. The summed E-state index contributed by atoms with van der Waals surface area (Å²) in [6.45, 7) is 0.295. The van der Waals surface area contributed by atoms with Crippen LogP contribution >= 0.6 is 7.82 Å². The van der Waals surface area contributed by atoms with Crippen molar-refractivity contribution in [2.24, 2.45) is 0 Å². The van der Waals surface area contributed by atoms with Crippen LogP contribution in [0.1, 0.15) is 6.92 Å². The molecule has 1 atom stereocenters. The molecule has 0 aliphatic heterocycles. The SMILES string of the molecule is CC(OP(=O)(O)O)(C(=O)O)S(=O)(=O)O. The van der Waals surface area contributed by atoms with Crippen molar-refractivity contribution in [2.75, 3.05) is 0 Å². The fourth-order valence-corrected chi connectivity index (χ4v) is 1.84. The molecule has 84 valence electrons. The number of phosphoric acid groups is 1. The molecule has 0 heterocycles. The Labute approximate surface area is 78.3 Å². The smallest absolute Gasteiger partial charge is 0.471 e. The Morgan fingerprint density at radius 1 is 1.43 bits per heavy atom. The van der Waals surface area contributed by atoms with Crippen LogP contribution in [0.5, 0.6) is 0 Å². The Morgan fingerprint density at radius 2 is 1.79 bits per heavy atom. The second-order valence-electron chi connectivity index (χ2n) is 2.31. The van der Waals surface area contributed by atoms with Gasteiger partial charge in [0.25, 0.3) is 4.93 Å². The van der Waals surface area contributed by atoms with Gasteiger partial charge in [-0.3, -0.25) is 4.55 Å². The van der Waals surface area contributed by atoms with Gasteiger partial charge in [-0.15, -0.1) is 0 Å². The van der Waals surface area contributed by atoms with Gasteiger partial charge < -0.3 is 14.9 Å². The maximum absolute atomic E-state index is 10.5. The van der Waals surface area contributed by atoms with Crippen molar-refractivity contribution in [1.29, 1.82) is 0 Å². The maximum atomic E-state index is 10.5. The van der Waals surface area contributed by atoms with Crippen LogP contribution in [-0.2, 0) is 24.0 Å². The Bertz CT molecular complexity index is 377. The highest BCUT2D eigenvalue weighted by molar-refractivity contribution is 7.88. The summed E-state index contributed by atoms with van der Waals surface area (Å²) in [5.41, 5.74) is 0. The van der Waals surface area contributed by atoms with Crippen LogP contribution in [0.4, 0.5) is 0 Å². The van der Waals surface area contributed by atoms with Crippen molar-refractivity contribution in [3.8, 4) is 0 Å². The number of hydrogen-bond donors (Lipinski definition) is 4. The molecule has 0 aromatic carbocycles. The molecular formula is C3H7O9PS. The standard InChI is InChI=1S/C3H7O9PS/c1-3(2(4)5,14(9,10)11)12-13(6,7)8/h1H3,(H,4,5)(H2,6,7,8)(H,9,10,11). The van der Waals surface area contributed by atoms with E-state index in [1.165, 1.54) is 0 Å². The minimum atomic E-state index is -5.36. The molecule has 0 saturated heterocycles. The van der Waals surface area contributed by atoms with E-state index >= 15 is 0 Å². The Morgan fingerprint density at radius 3 is 1.86 bits per heavy atom. The quantitative estimate of drug-likeness (QED) is 0.354. The number of carbonyl (C=O) groups is 1. The van der Waals surface area contributed by atoms with E-state index in [2.05, 4.69) is 4.52 Å². The molecule has 9 nitrogen and oxygen atoms in total. The van der Waals surface area contributed by atoms with Crippen molar-refractivity contribution < 1.29 is 41.7 Å². The first-order valence-corrected chi connectivity index (χ1v) is 5.84. The van der Waals surface area contributed by atoms with E-state index in [-0.39, 0.29) is 0 Å². The molecule has 0 aliphatic rings. The fraction of sp³-hybridized carbons (Fsp3) is 0.667. The summed E-state index contributed by atoms with van der Waals surface area (Å²) >= 11 is 0. The van der Waals surface area contributed by atoms with Gasteiger partial charge in [0.2, 0.25) is 0 Å². The Balaban J connectivity index is 5.38. The minimum Gasteiger partial charge on any atom is -0.478 e. The van der Waals surface area contributed by atoms with Gasteiger partial charge in [-0.2, -0.15) is 8.42 Å². The first-order chi connectivity index (χ1) is 5.90. The molecule has 1 unspecified atom stereocenters. The molecule has 0 amide bonds. The Kier molecular flexibility index (Phi) is 3.44. The lowest BCUT2D eigenvalue weighted by Crippen LogP contribution is -2.45. The van der Waals surface area contributed by atoms with Crippen LogP contribution in [0.25, 0.3) is 0 Å². The second-order valence-corrected chi connectivity index (χ2v) is 5.20. The second kappa shape index (κ2) is 3.57. The number of phosphoric ester groups is 1. The van der Waals surface area contributed by atoms with Gasteiger partial charge in [0.15, 0.2) is 0 Å². The average molecular weight is 250 g/mol. The number of carboxylic acid groups (broad SMARTS) is 1. The molecule has 0 saturated carbocycles. The van der Waals surface area contributed by atoms with Crippen LogP contribution in [0.15, 0.2) is 0 Å². The first-order valence-electron chi connectivity index (χ1n) is 2.87. The zero-order valence-corrected chi connectivity index (χ0v) is 8.40. The van der Waals surface area contributed by atoms with E-state index in [9.17, 15) is 17.8 Å². The molecule has 0 aliphatic carbocycles. The largest absolute Gasteiger partial charge is 0.478 e. The zero-order chi connectivity index (χ0) is 11.8. The molecule has 0 spiro atoms. The van der Waals surface area contributed by atoms with Crippen molar-refractivity contribution in [3.63, 3.8) is 0 Å². The highest BCUT2D eigenvalue weighted by Crippen LogP contribution is 2.43. The topological polar surface area (TPSA) is 158 Å². The Hall–Kier alpha value is -0.510. The van der Waals surface area contributed by atoms with Crippen molar-refractivity contribution >= 4 is 23.9 Å². The molecule has 4 N–H and O–H groups in total. The molecule has 0 aromatic heterocycles. The fourth-order valence-electron chi connectivity index (χ4n) is 0.423. The lowest BCUT2D eigenvalue weighted by molar-refractivity contribution is -0.148. The zero-order valence-electron chi connectivity index (χ0n) is 6.69. The monoisotopic (exact) mass is 250 g/mol. The van der Waals surface area contributed by atoms with Gasteiger partial charge in [-0.05, 0) is 6.92 Å². The van der Waals surface area contributed by atoms with Crippen LogP contribution < -0.4 is 0 Å². The van der Waals surface area contributed by atoms with Crippen LogP contribution in [-0.4, -0.2) is 38.8 Å². The van der Waals surface area contributed by atoms with Gasteiger partial charge in [-0.25, -0.2) is 13.9 Å². The third-order valence-electron chi connectivity index (χ3n) is 1.17. The molecule has 0 aromatic rings. The van der Waals surface area contributed by atoms with E-state index in [0.717, 1.165) is 0 Å². The molecule has 14 heavy (non-hydrogen) atoms. The molecule has 0 radical (unpaired) electrons. The van der Waals surface area contributed by atoms with Crippen LogP contribution in [0.2, 0.25) is 0 Å². The first kappa shape index (κ1) is 13.5. The van der Waals surface area contributed by atoms with Gasteiger partial charge in [0.1, 0.15) is 0 Å². The number of carboxylic acids is 1. The number of aliphatic carboxylic acids is 1. The molecule has 0 fully saturated rings. The third-order valence-corrected chi connectivity index (χ3v) is 3.14. The average Bonchev–Trinajstić information content (AvgIpc) is 1.79.